The van der Waals surface area contributed by atoms with Crippen LogP contribution in [0.5, 0.6) is 0 Å². The third kappa shape index (κ3) is 12.2. The van der Waals surface area contributed by atoms with E-state index in [0.717, 1.165) is 0 Å². The van der Waals surface area contributed by atoms with Crippen molar-refractivity contribution in [2.24, 2.45) is 10.8 Å². The maximum atomic E-state index is 14.6. The Morgan fingerprint density at radius 3 is 1.21 bits per heavy atom. The molecule has 10 atom stereocenters. The molecule has 7 rings (SSSR count). The Hall–Kier alpha value is -5.18. The Morgan fingerprint density at radius 2 is 0.875 bits per heavy atom. The van der Waals surface area contributed by atoms with Crippen molar-refractivity contribution in [3.8, 4) is 0 Å². The fraction of sp³-hybridized carbons (Fsp3) is 0.615. The first kappa shape index (κ1) is 54.6. The molecule has 0 bridgehead atoms. The van der Waals surface area contributed by atoms with E-state index in [1.165, 1.54) is 0 Å². The quantitative estimate of drug-likeness (QED) is 0.121. The zero-order valence-corrected chi connectivity index (χ0v) is 44.4. The monoisotopic (exact) mass is 1030 g/mol. The summed E-state index contributed by atoms with van der Waals surface area (Å²) in [6.45, 7) is 11.2. The van der Waals surface area contributed by atoms with Crippen LogP contribution in [0.2, 0.25) is 0 Å². The number of likely N-dealkylation sites (N-methyl/N-ethyl adjacent to an activating group) is 2. The summed E-state index contributed by atoms with van der Waals surface area (Å²) in [5, 5.41) is 23.5. The van der Waals surface area contributed by atoms with Crippen molar-refractivity contribution in [2.75, 3.05) is 25.6 Å². The van der Waals surface area contributed by atoms with Crippen molar-refractivity contribution in [2.45, 2.75) is 164 Å². The van der Waals surface area contributed by atoms with Gasteiger partial charge in [-0.05, 0) is 113 Å². The zero-order valence-electron chi connectivity index (χ0n) is 42.7. The number of thioether (sulfide) groups is 2. The highest BCUT2D eigenvalue weighted by atomic mass is 32.2. The summed E-state index contributed by atoms with van der Waals surface area (Å²) >= 11 is 3.20. The summed E-state index contributed by atoms with van der Waals surface area (Å²) in [6, 6.07) is 10.9. The molecule has 72 heavy (non-hydrogen) atoms. The molecule has 4 heterocycles. The SMILES string of the molecule is CN[C@@H](C)C(=O)N[C@H]1CCS[C@H]2CC(C)(C)[C@@H](C(=O)N[C@H](C(=O)NC3CCC(NC(=O)[C@H](NC(=O)[C@H]4N5C(=O)[C@@H](NC(=O)[C@H](C)NC)CCS[C@H]5CC4(C)C)c4ccccc4)CC3)c3ccccc3)N2C1=O. The van der Waals surface area contributed by atoms with E-state index < -0.39 is 82.8 Å². The molecule has 2 aromatic carbocycles. The van der Waals surface area contributed by atoms with Gasteiger partial charge >= 0.3 is 0 Å². The van der Waals surface area contributed by atoms with Crippen LogP contribution in [-0.2, 0) is 38.4 Å². The Balaban J connectivity index is 1.00. The number of benzene rings is 2. The molecule has 392 valence electrons. The highest BCUT2D eigenvalue weighted by Gasteiger charge is 2.56. The molecule has 4 saturated heterocycles. The summed E-state index contributed by atoms with van der Waals surface area (Å²) < 4.78 is 0. The number of hydrogen-bond acceptors (Lipinski definition) is 12. The lowest BCUT2D eigenvalue weighted by atomic mass is 9.83. The van der Waals surface area contributed by atoms with Crippen molar-refractivity contribution in [1.29, 1.82) is 0 Å². The summed E-state index contributed by atoms with van der Waals surface area (Å²) in [6.07, 6.45) is 4.11. The van der Waals surface area contributed by atoms with Crippen molar-refractivity contribution in [1.82, 2.24) is 52.3 Å². The molecular weight excluding hydrogens is 957 g/mol. The van der Waals surface area contributed by atoms with Gasteiger partial charge in [-0.3, -0.25) is 38.4 Å². The van der Waals surface area contributed by atoms with Gasteiger partial charge in [0.25, 0.3) is 0 Å². The molecule has 0 spiro atoms. The van der Waals surface area contributed by atoms with Gasteiger partial charge in [-0.1, -0.05) is 88.4 Å². The smallest absolute Gasteiger partial charge is 0.247 e. The summed E-state index contributed by atoms with van der Waals surface area (Å²) in [5.41, 5.74) is -0.120. The largest absolute Gasteiger partial charge is 0.351 e. The second-order valence-electron chi connectivity index (χ2n) is 21.3. The van der Waals surface area contributed by atoms with Gasteiger partial charge in [-0.25, -0.2) is 0 Å². The number of rotatable bonds is 16. The Morgan fingerprint density at radius 1 is 0.528 bits per heavy atom. The van der Waals surface area contributed by atoms with Crippen LogP contribution in [0, 0.1) is 10.8 Å². The molecule has 1 saturated carbocycles. The zero-order chi connectivity index (χ0) is 52.1. The number of hydrogen-bond donors (Lipinski definition) is 8. The van der Waals surface area contributed by atoms with Crippen LogP contribution in [0.25, 0.3) is 0 Å². The molecule has 0 aromatic heterocycles. The van der Waals surface area contributed by atoms with Gasteiger partial charge in [-0.15, -0.1) is 23.5 Å². The Bertz CT molecular complexity index is 2160. The first-order valence-electron chi connectivity index (χ1n) is 25.4. The number of amides is 8. The molecule has 5 fully saturated rings. The van der Waals surface area contributed by atoms with Crippen molar-refractivity contribution >= 4 is 70.8 Å². The molecule has 1 aliphatic carbocycles. The molecule has 8 amide bonds. The Labute approximate surface area is 432 Å². The van der Waals surface area contributed by atoms with Gasteiger partial charge in [0.1, 0.15) is 36.3 Å². The fourth-order valence-electron chi connectivity index (χ4n) is 10.8. The third-order valence-corrected chi connectivity index (χ3v) is 17.7. The highest BCUT2D eigenvalue weighted by Crippen LogP contribution is 2.48. The van der Waals surface area contributed by atoms with Crippen LogP contribution in [-0.4, -0.2) is 142 Å². The predicted octanol–water partition coefficient (Wildman–Crippen LogP) is 2.61. The van der Waals surface area contributed by atoms with Gasteiger partial charge in [0.2, 0.25) is 47.3 Å². The average molecular weight is 1030 g/mol. The van der Waals surface area contributed by atoms with Crippen molar-refractivity contribution in [3.63, 3.8) is 0 Å². The summed E-state index contributed by atoms with van der Waals surface area (Å²) in [4.78, 5) is 115. The second-order valence-corrected chi connectivity index (χ2v) is 23.9. The minimum absolute atomic E-state index is 0.268. The first-order chi connectivity index (χ1) is 34.2. The van der Waals surface area contributed by atoms with Crippen LogP contribution in [0.3, 0.4) is 0 Å². The molecule has 2 aromatic rings. The lowest BCUT2D eigenvalue weighted by Gasteiger charge is -2.36. The molecule has 8 N–H and O–H groups in total. The van der Waals surface area contributed by atoms with Gasteiger partial charge in [0, 0.05) is 12.1 Å². The molecule has 5 aliphatic rings. The standard InChI is InChI=1S/C52H74N10O8S2/c1-29(53-7)43(63)57-35-23-25-71-37-27-51(3,4)41(61(37)49(35)69)47(67)59-39(31-15-11-9-12-16-31)45(65)55-33-19-21-34(22-20-33)56-46(66)40(32-17-13-10-14-18-32)60-48(68)42-52(5,6)28-38-62(42)50(70)36(24-26-72-38)58-44(64)30(2)54-8/h9-18,29-30,33-42,53-54H,19-28H2,1-8H3,(H,55,65)(H,56,66)(H,57,63)(H,58,64)(H,59,67)(H,60,68)/t29-,30-,33?,34?,35-,36-,37-,38-,39-,40+,41+,42+/m0/s1. The molecule has 18 nitrogen and oxygen atoms in total. The molecule has 4 aliphatic heterocycles. The van der Waals surface area contributed by atoms with E-state index in [1.807, 2.05) is 39.8 Å². The minimum atomic E-state index is -1.07. The van der Waals surface area contributed by atoms with E-state index in [2.05, 4.69) is 42.5 Å². The van der Waals surface area contributed by atoms with Crippen LogP contribution in [0.4, 0.5) is 0 Å². The lowest BCUT2D eigenvalue weighted by Crippen LogP contribution is -2.59. The van der Waals surface area contributed by atoms with E-state index in [0.29, 0.717) is 74.0 Å². The van der Waals surface area contributed by atoms with Crippen LogP contribution in [0.15, 0.2) is 60.7 Å². The van der Waals surface area contributed by atoms with E-state index in [1.54, 1.807) is 110 Å². The van der Waals surface area contributed by atoms with E-state index in [-0.39, 0.29) is 46.5 Å². The van der Waals surface area contributed by atoms with Gasteiger partial charge in [0.15, 0.2) is 0 Å². The molecule has 0 unspecified atom stereocenters. The maximum absolute atomic E-state index is 14.6. The fourth-order valence-corrected chi connectivity index (χ4v) is 14.0. The minimum Gasteiger partial charge on any atom is -0.351 e. The third-order valence-electron chi connectivity index (χ3n) is 15.2. The highest BCUT2D eigenvalue weighted by molar-refractivity contribution is 8.00. The lowest BCUT2D eigenvalue weighted by molar-refractivity contribution is -0.144. The first-order valence-corrected chi connectivity index (χ1v) is 27.5. The number of carbonyl (C=O) groups excluding carboxylic acids is 8. The van der Waals surface area contributed by atoms with Crippen molar-refractivity contribution in [3.05, 3.63) is 71.8 Å². The topological polar surface area (TPSA) is 239 Å². The van der Waals surface area contributed by atoms with Gasteiger partial charge in [-0.2, -0.15) is 0 Å². The van der Waals surface area contributed by atoms with Crippen LogP contribution >= 0.6 is 23.5 Å². The molecule has 0 radical (unpaired) electrons. The number of carbonyl (C=O) groups is 8. The van der Waals surface area contributed by atoms with E-state index >= 15 is 0 Å². The second kappa shape index (κ2) is 23.4. The molecular formula is C52H74N10O8S2. The van der Waals surface area contributed by atoms with Crippen molar-refractivity contribution < 1.29 is 38.4 Å². The van der Waals surface area contributed by atoms with Crippen LogP contribution < -0.4 is 42.5 Å². The number of nitrogens with zero attached hydrogens (tertiary/aromatic N) is 2. The molecule has 20 heteroatoms. The van der Waals surface area contributed by atoms with E-state index in [4.69, 9.17) is 0 Å². The average Bonchev–Trinajstić information content (AvgIpc) is 3.68. The number of nitrogens with one attached hydrogen (secondary N) is 8. The maximum Gasteiger partial charge on any atom is 0.247 e. The van der Waals surface area contributed by atoms with Crippen LogP contribution in [0.1, 0.15) is 116 Å². The Kier molecular flexibility index (Phi) is 17.7. The summed E-state index contributed by atoms with van der Waals surface area (Å²) in [7, 11) is 3.35. The van der Waals surface area contributed by atoms with Gasteiger partial charge in [0.05, 0.1) is 22.8 Å². The normalized spacial score (nSPS) is 28.3. The predicted molar refractivity (Wildman–Crippen MR) is 278 cm³/mol. The number of fused-ring (bicyclic) bond motifs is 2. The van der Waals surface area contributed by atoms with E-state index in [9.17, 15) is 38.4 Å². The van der Waals surface area contributed by atoms with Gasteiger partial charge < -0.3 is 52.3 Å². The summed E-state index contributed by atoms with van der Waals surface area (Å²) in [5.74, 6) is -1.69.